The molecule has 0 N–H and O–H groups in total. The van der Waals surface area contributed by atoms with E-state index in [1.807, 2.05) is 4.90 Å². The SMILES string of the molecule is CCCCC(=O)N1CCCC1c1nc(C2CC2)no1. The third-order valence-electron chi connectivity index (χ3n) is 4.00. The molecule has 1 aliphatic heterocycles. The minimum atomic E-state index is 0.0179. The van der Waals surface area contributed by atoms with Crippen LogP contribution in [-0.2, 0) is 4.79 Å². The molecular weight excluding hydrogens is 242 g/mol. The van der Waals surface area contributed by atoms with Gasteiger partial charge in [0.2, 0.25) is 11.8 Å². The lowest BCUT2D eigenvalue weighted by Crippen LogP contribution is -2.30. The number of carbonyl (C=O) groups excluding carboxylic acids is 1. The van der Waals surface area contributed by atoms with Crippen molar-refractivity contribution < 1.29 is 9.32 Å². The van der Waals surface area contributed by atoms with E-state index < -0.39 is 0 Å². The fraction of sp³-hybridized carbons (Fsp3) is 0.786. The Morgan fingerprint density at radius 3 is 3.00 bits per heavy atom. The van der Waals surface area contributed by atoms with E-state index in [4.69, 9.17) is 4.52 Å². The fourth-order valence-corrected chi connectivity index (χ4v) is 2.68. The van der Waals surface area contributed by atoms with E-state index in [2.05, 4.69) is 17.1 Å². The van der Waals surface area contributed by atoms with Gasteiger partial charge in [0, 0.05) is 18.9 Å². The van der Waals surface area contributed by atoms with Crippen molar-refractivity contribution in [2.24, 2.45) is 0 Å². The molecule has 2 aliphatic rings. The van der Waals surface area contributed by atoms with Gasteiger partial charge in [0.05, 0.1) is 0 Å². The molecule has 0 aromatic carbocycles. The van der Waals surface area contributed by atoms with Crippen molar-refractivity contribution in [3.05, 3.63) is 11.7 Å². The van der Waals surface area contributed by atoms with Crippen LogP contribution in [0.25, 0.3) is 0 Å². The Labute approximate surface area is 113 Å². The minimum absolute atomic E-state index is 0.0179. The highest BCUT2D eigenvalue weighted by molar-refractivity contribution is 5.76. The van der Waals surface area contributed by atoms with E-state index in [0.717, 1.165) is 38.1 Å². The molecule has 1 aromatic rings. The molecule has 0 radical (unpaired) electrons. The molecule has 2 fully saturated rings. The molecule has 5 heteroatoms. The first-order valence-electron chi connectivity index (χ1n) is 7.42. The zero-order chi connectivity index (χ0) is 13.2. The maximum absolute atomic E-state index is 12.2. The Morgan fingerprint density at radius 1 is 1.42 bits per heavy atom. The molecule has 0 bridgehead atoms. The molecule has 2 heterocycles. The molecule has 3 rings (SSSR count). The first-order chi connectivity index (χ1) is 9.29. The summed E-state index contributed by atoms with van der Waals surface area (Å²) >= 11 is 0. The average molecular weight is 263 g/mol. The van der Waals surface area contributed by atoms with Crippen molar-refractivity contribution in [1.29, 1.82) is 0 Å². The quantitative estimate of drug-likeness (QED) is 0.819. The standard InChI is InChI=1S/C14H21N3O2/c1-2-3-6-12(18)17-9-4-5-11(17)14-15-13(16-19-14)10-7-8-10/h10-11H,2-9H2,1H3. The molecule has 19 heavy (non-hydrogen) atoms. The molecule has 1 atom stereocenters. The van der Waals surface area contributed by atoms with E-state index in [1.165, 1.54) is 12.8 Å². The third-order valence-corrected chi connectivity index (χ3v) is 4.00. The number of unbranched alkanes of at least 4 members (excludes halogenated alkanes) is 1. The second kappa shape index (κ2) is 5.31. The first-order valence-corrected chi connectivity index (χ1v) is 7.42. The molecule has 5 nitrogen and oxygen atoms in total. The molecule has 1 saturated heterocycles. The van der Waals surface area contributed by atoms with Crippen molar-refractivity contribution >= 4 is 5.91 Å². The Bertz CT molecular complexity index is 453. The van der Waals surface area contributed by atoms with Gasteiger partial charge in [-0.15, -0.1) is 0 Å². The van der Waals surface area contributed by atoms with Gasteiger partial charge in [0.25, 0.3) is 0 Å². The molecule has 104 valence electrons. The number of hydrogen-bond acceptors (Lipinski definition) is 4. The molecule has 1 aliphatic carbocycles. The van der Waals surface area contributed by atoms with Crippen LogP contribution in [0.15, 0.2) is 4.52 Å². The highest BCUT2D eigenvalue weighted by Gasteiger charge is 2.35. The smallest absolute Gasteiger partial charge is 0.249 e. The van der Waals surface area contributed by atoms with Crippen LogP contribution in [0.1, 0.15) is 75.5 Å². The number of nitrogens with zero attached hydrogens (tertiary/aromatic N) is 3. The topological polar surface area (TPSA) is 59.2 Å². The molecule has 1 amide bonds. The van der Waals surface area contributed by atoms with Gasteiger partial charge in [0.15, 0.2) is 5.82 Å². The normalized spacial score (nSPS) is 23.0. The van der Waals surface area contributed by atoms with Gasteiger partial charge in [-0.25, -0.2) is 0 Å². The Hall–Kier alpha value is -1.39. The number of amides is 1. The predicted octanol–water partition coefficient (Wildman–Crippen LogP) is 2.80. The Kier molecular flexibility index (Phi) is 3.53. The van der Waals surface area contributed by atoms with Gasteiger partial charge >= 0.3 is 0 Å². The van der Waals surface area contributed by atoms with E-state index in [-0.39, 0.29) is 11.9 Å². The van der Waals surface area contributed by atoms with E-state index in [1.54, 1.807) is 0 Å². The maximum Gasteiger partial charge on any atom is 0.249 e. The summed E-state index contributed by atoms with van der Waals surface area (Å²) < 4.78 is 5.38. The lowest BCUT2D eigenvalue weighted by atomic mass is 10.2. The summed E-state index contributed by atoms with van der Waals surface area (Å²) in [7, 11) is 0. The van der Waals surface area contributed by atoms with Gasteiger partial charge in [-0.05, 0) is 32.1 Å². The number of carbonyl (C=O) groups is 1. The van der Waals surface area contributed by atoms with E-state index in [9.17, 15) is 4.79 Å². The van der Waals surface area contributed by atoms with Crippen LogP contribution < -0.4 is 0 Å². The zero-order valence-electron chi connectivity index (χ0n) is 11.5. The van der Waals surface area contributed by atoms with Crippen LogP contribution >= 0.6 is 0 Å². The average Bonchev–Trinajstić information content (AvgIpc) is 2.96. The summed E-state index contributed by atoms with van der Waals surface area (Å²) in [6.45, 7) is 2.93. The Morgan fingerprint density at radius 2 is 2.26 bits per heavy atom. The number of likely N-dealkylation sites (tertiary alicyclic amines) is 1. The minimum Gasteiger partial charge on any atom is -0.337 e. The summed E-state index contributed by atoms with van der Waals surface area (Å²) in [4.78, 5) is 18.6. The third kappa shape index (κ3) is 2.65. The maximum atomic E-state index is 12.2. The summed E-state index contributed by atoms with van der Waals surface area (Å²) in [6, 6.07) is 0.0179. The van der Waals surface area contributed by atoms with Crippen molar-refractivity contribution in [1.82, 2.24) is 15.0 Å². The molecule has 1 aromatic heterocycles. The molecular formula is C14H21N3O2. The summed E-state index contributed by atoms with van der Waals surface area (Å²) in [5.74, 6) is 2.21. The van der Waals surface area contributed by atoms with E-state index >= 15 is 0 Å². The first kappa shape index (κ1) is 12.6. The van der Waals surface area contributed by atoms with Crippen LogP contribution in [0.3, 0.4) is 0 Å². The number of hydrogen-bond donors (Lipinski definition) is 0. The van der Waals surface area contributed by atoms with Crippen LogP contribution in [0.2, 0.25) is 0 Å². The highest BCUT2D eigenvalue weighted by Crippen LogP contribution is 2.39. The second-order valence-electron chi connectivity index (χ2n) is 5.61. The summed E-state index contributed by atoms with van der Waals surface area (Å²) in [5, 5.41) is 4.05. The monoisotopic (exact) mass is 263 g/mol. The number of aromatic nitrogens is 2. The van der Waals surface area contributed by atoms with Crippen LogP contribution in [0, 0.1) is 0 Å². The highest BCUT2D eigenvalue weighted by atomic mass is 16.5. The van der Waals surface area contributed by atoms with Crippen LogP contribution in [0.4, 0.5) is 0 Å². The van der Waals surface area contributed by atoms with Crippen molar-refractivity contribution in [2.45, 2.75) is 63.8 Å². The number of rotatable bonds is 5. The van der Waals surface area contributed by atoms with E-state index in [0.29, 0.717) is 18.2 Å². The largest absolute Gasteiger partial charge is 0.337 e. The molecule has 1 unspecified atom stereocenters. The van der Waals surface area contributed by atoms with Crippen molar-refractivity contribution in [3.63, 3.8) is 0 Å². The second-order valence-corrected chi connectivity index (χ2v) is 5.61. The van der Waals surface area contributed by atoms with Crippen LogP contribution in [-0.4, -0.2) is 27.5 Å². The van der Waals surface area contributed by atoms with Gasteiger partial charge in [-0.1, -0.05) is 18.5 Å². The van der Waals surface area contributed by atoms with Gasteiger partial charge in [-0.3, -0.25) is 4.79 Å². The van der Waals surface area contributed by atoms with Crippen LogP contribution in [0.5, 0.6) is 0 Å². The lowest BCUT2D eigenvalue weighted by Gasteiger charge is -2.21. The molecule has 0 spiro atoms. The summed E-state index contributed by atoms with van der Waals surface area (Å²) in [6.07, 6.45) is 6.96. The lowest BCUT2D eigenvalue weighted by molar-refractivity contribution is -0.132. The predicted molar refractivity (Wildman–Crippen MR) is 69.5 cm³/mol. The summed E-state index contributed by atoms with van der Waals surface area (Å²) in [5.41, 5.74) is 0. The fourth-order valence-electron chi connectivity index (χ4n) is 2.68. The van der Waals surface area contributed by atoms with Gasteiger partial charge in [-0.2, -0.15) is 4.98 Å². The van der Waals surface area contributed by atoms with Crippen molar-refractivity contribution in [2.75, 3.05) is 6.54 Å². The Balaban J connectivity index is 1.68. The van der Waals surface area contributed by atoms with Crippen molar-refractivity contribution in [3.8, 4) is 0 Å². The van der Waals surface area contributed by atoms with Gasteiger partial charge in [0.1, 0.15) is 6.04 Å². The molecule has 1 saturated carbocycles. The van der Waals surface area contributed by atoms with Gasteiger partial charge < -0.3 is 9.42 Å². The zero-order valence-corrected chi connectivity index (χ0v) is 11.5.